The number of hydrogen-bond acceptors (Lipinski definition) is 5. The minimum atomic E-state index is 0.198. The van der Waals surface area contributed by atoms with Crippen LogP contribution in [0.5, 0.6) is 0 Å². The van der Waals surface area contributed by atoms with E-state index in [1.807, 2.05) is 31.2 Å². The summed E-state index contributed by atoms with van der Waals surface area (Å²) in [5.41, 5.74) is 0.799. The molecule has 1 aromatic heterocycles. The van der Waals surface area contributed by atoms with E-state index in [1.165, 1.54) is 32.1 Å². The third-order valence-electron chi connectivity index (χ3n) is 5.54. The summed E-state index contributed by atoms with van der Waals surface area (Å²) >= 11 is 1.64. The molecule has 138 valence electrons. The fraction of sp³-hybridized carbons (Fsp3) is 0.550. The Kier molecular flexibility index (Phi) is 5.29. The highest BCUT2D eigenvalue weighted by Crippen LogP contribution is 2.36. The maximum absolute atomic E-state index is 13.0. The van der Waals surface area contributed by atoms with Gasteiger partial charge in [-0.2, -0.15) is 4.98 Å². The van der Waals surface area contributed by atoms with E-state index in [9.17, 15) is 4.79 Å². The van der Waals surface area contributed by atoms with Crippen LogP contribution < -0.4 is 0 Å². The number of hydrogen-bond donors (Lipinski definition) is 0. The molecule has 6 heteroatoms. The van der Waals surface area contributed by atoms with Gasteiger partial charge in [-0.15, -0.1) is 11.8 Å². The van der Waals surface area contributed by atoms with Crippen LogP contribution in [0.3, 0.4) is 0 Å². The molecular weight excluding hydrogens is 346 g/mol. The molecule has 2 fully saturated rings. The van der Waals surface area contributed by atoms with Gasteiger partial charge < -0.3 is 9.42 Å². The van der Waals surface area contributed by atoms with Crippen LogP contribution in [-0.2, 0) is 5.75 Å². The van der Waals surface area contributed by atoms with Gasteiger partial charge in [0.25, 0.3) is 5.91 Å². The summed E-state index contributed by atoms with van der Waals surface area (Å²) in [5, 5.41) is 3.80. The second kappa shape index (κ2) is 7.82. The van der Waals surface area contributed by atoms with E-state index in [-0.39, 0.29) is 5.91 Å². The maximum Gasteiger partial charge on any atom is 0.254 e. The lowest BCUT2D eigenvalue weighted by Crippen LogP contribution is -2.39. The van der Waals surface area contributed by atoms with E-state index >= 15 is 0 Å². The smallest absolute Gasteiger partial charge is 0.254 e. The van der Waals surface area contributed by atoms with Gasteiger partial charge in [-0.1, -0.05) is 18.0 Å². The first-order valence-electron chi connectivity index (χ1n) is 9.54. The van der Waals surface area contributed by atoms with Crippen LogP contribution in [0, 0.1) is 12.8 Å². The van der Waals surface area contributed by atoms with E-state index < -0.39 is 0 Å². The van der Waals surface area contributed by atoms with Gasteiger partial charge in [-0.3, -0.25) is 4.79 Å². The van der Waals surface area contributed by atoms with Crippen LogP contribution in [0.1, 0.15) is 60.6 Å². The number of likely N-dealkylation sites (tertiary alicyclic amines) is 1. The lowest BCUT2D eigenvalue weighted by Gasteiger charge is -2.29. The third-order valence-corrected chi connectivity index (χ3v) is 6.53. The molecule has 0 bridgehead atoms. The Labute approximate surface area is 158 Å². The summed E-state index contributed by atoms with van der Waals surface area (Å²) in [4.78, 5) is 20.4. The molecule has 1 aliphatic carbocycles. The maximum atomic E-state index is 13.0. The standard InChI is InChI=1S/C20H25N3O2S/c1-14-21-19(25-22-14)13-26-17-10-8-16(9-11-17)20(24)23-12-4-7-18(23)15-5-2-3-6-15/h8-11,15,18H,2-7,12-13H2,1H3. The number of benzene rings is 1. The van der Waals surface area contributed by atoms with Gasteiger partial charge in [0.2, 0.25) is 5.89 Å². The highest BCUT2D eigenvalue weighted by atomic mass is 32.2. The predicted octanol–water partition coefficient (Wildman–Crippen LogP) is 4.47. The van der Waals surface area contributed by atoms with E-state index in [2.05, 4.69) is 15.0 Å². The number of amides is 1. The van der Waals surface area contributed by atoms with Crippen molar-refractivity contribution in [3.8, 4) is 0 Å². The van der Waals surface area contributed by atoms with Crippen LogP contribution in [-0.4, -0.2) is 33.5 Å². The summed E-state index contributed by atoms with van der Waals surface area (Å²) in [5.74, 6) is 2.84. The Hall–Kier alpha value is -1.82. The van der Waals surface area contributed by atoms with Gasteiger partial charge >= 0.3 is 0 Å². The molecule has 1 amide bonds. The van der Waals surface area contributed by atoms with Gasteiger partial charge in [-0.05, 0) is 62.8 Å². The zero-order valence-electron chi connectivity index (χ0n) is 15.2. The molecule has 2 aromatic rings. The first kappa shape index (κ1) is 17.6. The zero-order chi connectivity index (χ0) is 17.9. The van der Waals surface area contributed by atoms with Crippen LogP contribution in [0.25, 0.3) is 0 Å². The molecule has 1 saturated heterocycles. The van der Waals surface area contributed by atoms with Crippen molar-refractivity contribution in [2.24, 2.45) is 5.92 Å². The Morgan fingerprint density at radius 3 is 2.65 bits per heavy atom. The lowest BCUT2D eigenvalue weighted by molar-refractivity contribution is 0.0689. The van der Waals surface area contributed by atoms with Gasteiger partial charge in [0, 0.05) is 23.0 Å². The summed E-state index contributed by atoms with van der Waals surface area (Å²) in [6.45, 7) is 2.72. The average Bonchev–Trinajstić information content (AvgIpc) is 3.40. The second-order valence-corrected chi connectivity index (χ2v) is 8.35. The number of carbonyl (C=O) groups excluding carboxylic acids is 1. The van der Waals surface area contributed by atoms with Crippen molar-refractivity contribution in [3.05, 3.63) is 41.5 Å². The molecule has 26 heavy (non-hydrogen) atoms. The minimum absolute atomic E-state index is 0.198. The Balaban J connectivity index is 1.38. The molecule has 2 aliphatic rings. The normalized spacial score (nSPS) is 20.8. The first-order chi connectivity index (χ1) is 12.7. The number of thioether (sulfide) groups is 1. The Morgan fingerprint density at radius 1 is 1.19 bits per heavy atom. The molecule has 0 N–H and O–H groups in total. The van der Waals surface area contributed by atoms with Crippen molar-refractivity contribution in [1.82, 2.24) is 15.0 Å². The summed E-state index contributed by atoms with van der Waals surface area (Å²) in [6, 6.07) is 8.39. The molecule has 5 nitrogen and oxygen atoms in total. The van der Waals surface area contributed by atoms with Gasteiger partial charge in [0.05, 0.1) is 5.75 Å². The van der Waals surface area contributed by atoms with Crippen molar-refractivity contribution in [3.63, 3.8) is 0 Å². The fourth-order valence-electron chi connectivity index (χ4n) is 4.28. The van der Waals surface area contributed by atoms with Crippen LogP contribution in [0.2, 0.25) is 0 Å². The topological polar surface area (TPSA) is 59.2 Å². The number of aryl methyl sites for hydroxylation is 1. The van der Waals surface area contributed by atoms with Gasteiger partial charge in [0.15, 0.2) is 5.82 Å². The van der Waals surface area contributed by atoms with E-state index in [4.69, 9.17) is 4.52 Å². The molecule has 4 rings (SSSR count). The summed E-state index contributed by atoms with van der Waals surface area (Å²) in [7, 11) is 0. The SMILES string of the molecule is Cc1noc(CSc2ccc(C(=O)N3CCCC3C3CCCC3)cc2)n1. The molecular formula is C20H25N3O2S. The zero-order valence-corrected chi connectivity index (χ0v) is 16.0. The Morgan fingerprint density at radius 2 is 1.96 bits per heavy atom. The first-order valence-corrected chi connectivity index (χ1v) is 10.5. The number of aromatic nitrogens is 2. The molecule has 1 atom stereocenters. The average molecular weight is 372 g/mol. The predicted molar refractivity (Wildman–Crippen MR) is 101 cm³/mol. The van der Waals surface area contributed by atoms with Crippen molar-refractivity contribution in [2.45, 2.75) is 62.1 Å². The van der Waals surface area contributed by atoms with E-state index in [0.29, 0.717) is 29.4 Å². The number of rotatable bonds is 5. The second-order valence-electron chi connectivity index (χ2n) is 7.30. The number of carbonyl (C=O) groups is 1. The van der Waals surface area contributed by atoms with Crippen molar-refractivity contribution >= 4 is 17.7 Å². The summed E-state index contributed by atoms with van der Waals surface area (Å²) in [6.07, 6.45) is 7.56. The molecule has 0 spiro atoms. The molecule has 2 heterocycles. The molecule has 0 radical (unpaired) electrons. The largest absolute Gasteiger partial charge is 0.338 e. The monoisotopic (exact) mass is 371 g/mol. The van der Waals surface area contributed by atoms with E-state index in [0.717, 1.165) is 23.4 Å². The molecule has 1 saturated carbocycles. The number of nitrogens with zero attached hydrogens (tertiary/aromatic N) is 3. The molecule has 1 aliphatic heterocycles. The minimum Gasteiger partial charge on any atom is -0.338 e. The fourth-order valence-corrected chi connectivity index (χ4v) is 5.02. The van der Waals surface area contributed by atoms with Crippen LogP contribution in [0.4, 0.5) is 0 Å². The quantitative estimate of drug-likeness (QED) is 0.726. The van der Waals surface area contributed by atoms with Gasteiger partial charge in [-0.25, -0.2) is 0 Å². The third kappa shape index (κ3) is 3.80. The van der Waals surface area contributed by atoms with Gasteiger partial charge in [0.1, 0.15) is 0 Å². The van der Waals surface area contributed by atoms with Crippen molar-refractivity contribution in [1.29, 1.82) is 0 Å². The highest BCUT2D eigenvalue weighted by molar-refractivity contribution is 7.98. The summed E-state index contributed by atoms with van der Waals surface area (Å²) < 4.78 is 5.13. The molecule has 1 unspecified atom stereocenters. The van der Waals surface area contributed by atoms with Crippen molar-refractivity contribution < 1.29 is 9.32 Å². The van der Waals surface area contributed by atoms with Crippen LogP contribution >= 0.6 is 11.8 Å². The van der Waals surface area contributed by atoms with Crippen molar-refractivity contribution in [2.75, 3.05) is 6.54 Å². The van der Waals surface area contributed by atoms with E-state index in [1.54, 1.807) is 11.8 Å². The lowest BCUT2D eigenvalue weighted by atomic mass is 9.95. The molecule has 1 aromatic carbocycles. The highest BCUT2D eigenvalue weighted by Gasteiger charge is 2.36. The Bertz CT molecular complexity index is 753. The van der Waals surface area contributed by atoms with Crippen LogP contribution in [0.15, 0.2) is 33.7 Å².